The minimum atomic E-state index is -1.26. The Bertz CT molecular complexity index is 1470. The predicted molar refractivity (Wildman–Crippen MR) is 178 cm³/mol. The summed E-state index contributed by atoms with van der Waals surface area (Å²) in [4.78, 5) is 80.5. The number of primary amides is 1. The molecule has 5 amide bonds. The molecule has 48 heavy (non-hydrogen) atoms. The molecular formula is C34H45Cl2N5O7. The number of ether oxygens (including phenoxy) is 1. The van der Waals surface area contributed by atoms with Crippen LogP contribution >= 0.6 is 23.2 Å². The minimum absolute atomic E-state index is 0.0487. The number of likely N-dealkylation sites (tertiary alicyclic amines) is 1. The molecule has 3 fully saturated rings. The molecule has 6 atom stereocenters. The second-order valence-corrected chi connectivity index (χ2v) is 16.5. The van der Waals surface area contributed by atoms with E-state index in [1.165, 1.54) is 4.90 Å². The van der Waals surface area contributed by atoms with Crippen LogP contribution in [0.4, 0.5) is 4.79 Å². The molecule has 4 aliphatic rings. The van der Waals surface area contributed by atoms with Gasteiger partial charge < -0.3 is 31.3 Å². The van der Waals surface area contributed by atoms with E-state index in [2.05, 4.69) is 16.0 Å². The molecule has 12 nitrogen and oxygen atoms in total. The highest BCUT2D eigenvalue weighted by atomic mass is 35.5. The van der Waals surface area contributed by atoms with E-state index < -0.39 is 81.3 Å². The van der Waals surface area contributed by atoms with Crippen molar-refractivity contribution in [1.82, 2.24) is 20.9 Å². The first-order valence-corrected chi connectivity index (χ1v) is 17.3. The van der Waals surface area contributed by atoms with Gasteiger partial charge in [0.05, 0.1) is 0 Å². The van der Waals surface area contributed by atoms with E-state index in [0.29, 0.717) is 25.7 Å². The number of Topliss-reactive ketones (excluding diaryl/α,β-unsaturated/α-hetero) is 1. The summed E-state index contributed by atoms with van der Waals surface area (Å²) in [5.41, 5.74) is 6.69. The van der Waals surface area contributed by atoms with Gasteiger partial charge in [0.1, 0.15) is 34.6 Å². The molecule has 5 N–H and O–H groups in total. The molecule has 14 heteroatoms. The lowest BCUT2D eigenvalue weighted by atomic mass is 9.78. The average Bonchev–Trinajstić information content (AvgIpc) is 3.31. The first-order valence-electron chi connectivity index (χ1n) is 16.6. The van der Waals surface area contributed by atoms with Gasteiger partial charge in [-0.15, -0.1) is 23.2 Å². The van der Waals surface area contributed by atoms with Crippen LogP contribution in [0.25, 0.3) is 0 Å². The predicted octanol–water partition coefficient (Wildman–Crippen LogP) is 2.41. The van der Waals surface area contributed by atoms with Crippen molar-refractivity contribution in [1.29, 1.82) is 0 Å². The van der Waals surface area contributed by atoms with Gasteiger partial charge in [-0.3, -0.25) is 19.2 Å². The van der Waals surface area contributed by atoms with E-state index in [0.717, 1.165) is 17.5 Å². The molecule has 5 rings (SSSR count). The van der Waals surface area contributed by atoms with Gasteiger partial charge in [0.2, 0.25) is 17.6 Å². The number of piperidine rings is 1. The summed E-state index contributed by atoms with van der Waals surface area (Å²) in [5, 5.41) is 8.12. The number of nitrogens with zero attached hydrogens (tertiary/aromatic N) is 1. The number of halogens is 2. The Labute approximate surface area is 290 Å². The molecule has 262 valence electrons. The SMILES string of the molecule is CC(C)[C@H](NC(=O)N[C@H](C(=O)N1C[C@H]2[C@@H]([C@H]1C(=O)N[C@@H](C(=O)C(N)=O)C1CCC1)C2(Cl)Cl)C(C)(C)C)C(=O)OC1Cc2ccccc2C1. The molecule has 1 aliphatic heterocycles. The summed E-state index contributed by atoms with van der Waals surface area (Å²) in [7, 11) is 0. The summed E-state index contributed by atoms with van der Waals surface area (Å²) < 4.78 is 4.55. The zero-order valence-corrected chi connectivity index (χ0v) is 29.4. The van der Waals surface area contributed by atoms with Gasteiger partial charge in [-0.2, -0.15) is 0 Å². The third-order valence-electron chi connectivity index (χ3n) is 10.2. The van der Waals surface area contributed by atoms with E-state index in [9.17, 15) is 28.8 Å². The normalized spacial score (nSPS) is 24.8. The smallest absolute Gasteiger partial charge is 0.329 e. The van der Waals surface area contributed by atoms with Crippen LogP contribution in [0.5, 0.6) is 0 Å². The Kier molecular flexibility index (Phi) is 10.1. The largest absolute Gasteiger partial charge is 0.460 e. The Morgan fingerprint density at radius 3 is 2.08 bits per heavy atom. The summed E-state index contributed by atoms with van der Waals surface area (Å²) in [6.07, 6.45) is 2.98. The molecule has 1 saturated heterocycles. The number of carbonyl (C=O) groups excluding carboxylic acids is 6. The number of esters is 1. The van der Waals surface area contributed by atoms with Crippen LogP contribution in [0.1, 0.15) is 65.0 Å². The summed E-state index contributed by atoms with van der Waals surface area (Å²) >= 11 is 13.0. The molecule has 0 radical (unpaired) electrons. The fraction of sp³-hybridized carbons (Fsp3) is 0.647. The highest BCUT2D eigenvalue weighted by Gasteiger charge is 2.74. The molecule has 0 spiro atoms. The standard InChI is InChI=1S/C34H45Cl2N5O7/c1-16(2)23(31(46)48-20-13-18-9-6-7-10-19(18)14-20)39-32(47)40-27(33(3,4)5)30(45)41-15-21-22(34(21,35)36)25(41)29(44)38-24(17-11-8-12-17)26(42)28(37)43/h6-7,9-10,16-17,20-25,27H,8,11-15H2,1-5H3,(H2,37,43)(H,38,44)(H2,39,40,47)/t21-,22-,23-,24+,25-,27+/m0/s1. The first kappa shape index (κ1) is 35.9. The Hall–Kier alpha value is -3.38. The van der Waals surface area contributed by atoms with Crippen LogP contribution < -0.4 is 21.7 Å². The van der Waals surface area contributed by atoms with Crippen molar-refractivity contribution in [3.63, 3.8) is 0 Å². The van der Waals surface area contributed by atoms with Crippen LogP contribution in [0.2, 0.25) is 0 Å². The number of fused-ring (bicyclic) bond motifs is 2. The van der Waals surface area contributed by atoms with Gasteiger partial charge in [0.25, 0.3) is 5.91 Å². The Balaban J connectivity index is 1.28. The summed E-state index contributed by atoms with van der Waals surface area (Å²) in [6, 6.07) is 2.76. The second-order valence-electron chi connectivity index (χ2n) is 15.0. The van der Waals surface area contributed by atoms with Crippen LogP contribution in [0, 0.1) is 29.1 Å². The van der Waals surface area contributed by atoms with Gasteiger partial charge in [-0.05, 0) is 41.2 Å². The lowest BCUT2D eigenvalue weighted by molar-refractivity contribution is -0.152. The fourth-order valence-electron chi connectivity index (χ4n) is 7.16. The Morgan fingerprint density at radius 2 is 1.58 bits per heavy atom. The lowest BCUT2D eigenvalue weighted by Gasteiger charge is -2.38. The van der Waals surface area contributed by atoms with Crippen molar-refractivity contribution in [3.8, 4) is 0 Å². The van der Waals surface area contributed by atoms with E-state index in [1.807, 2.05) is 24.3 Å². The number of carbonyl (C=O) groups is 6. The van der Waals surface area contributed by atoms with Crippen LogP contribution in [0.3, 0.4) is 0 Å². The van der Waals surface area contributed by atoms with Gasteiger partial charge in [-0.25, -0.2) is 9.59 Å². The summed E-state index contributed by atoms with van der Waals surface area (Å²) in [5.74, 6) is -5.44. The van der Waals surface area contributed by atoms with E-state index in [4.69, 9.17) is 33.7 Å². The third kappa shape index (κ3) is 7.15. The molecule has 0 bridgehead atoms. The molecule has 0 aromatic heterocycles. The maximum absolute atomic E-state index is 14.2. The maximum Gasteiger partial charge on any atom is 0.329 e. The van der Waals surface area contributed by atoms with E-state index in [1.54, 1.807) is 34.6 Å². The third-order valence-corrected chi connectivity index (χ3v) is 11.3. The zero-order chi connectivity index (χ0) is 35.3. The van der Waals surface area contributed by atoms with Gasteiger partial charge in [0, 0.05) is 31.2 Å². The van der Waals surface area contributed by atoms with Crippen LogP contribution in [0.15, 0.2) is 24.3 Å². The van der Waals surface area contributed by atoms with Gasteiger partial charge >= 0.3 is 12.0 Å². The Morgan fingerprint density at radius 1 is 0.979 bits per heavy atom. The molecule has 1 aromatic rings. The highest BCUT2D eigenvalue weighted by Crippen LogP contribution is 2.65. The second kappa shape index (κ2) is 13.5. The number of nitrogens with two attached hydrogens (primary N) is 1. The average molecular weight is 707 g/mol. The van der Waals surface area contributed by atoms with Crippen molar-refractivity contribution in [2.24, 2.45) is 34.8 Å². The lowest BCUT2D eigenvalue weighted by Crippen LogP contribution is -2.63. The number of amides is 5. The number of alkyl halides is 2. The van der Waals surface area contributed by atoms with E-state index >= 15 is 0 Å². The monoisotopic (exact) mass is 705 g/mol. The molecule has 2 saturated carbocycles. The number of benzene rings is 1. The summed E-state index contributed by atoms with van der Waals surface area (Å²) in [6.45, 7) is 8.91. The molecule has 0 unspecified atom stereocenters. The molecule has 1 heterocycles. The van der Waals surface area contributed by atoms with Crippen molar-refractivity contribution in [3.05, 3.63) is 35.4 Å². The number of hydrogen-bond donors (Lipinski definition) is 4. The highest BCUT2D eigenvalue weighted by molar-refractivity contribution is 6.51. The molecule has 1 aromatic carbocycles. The van der Waals surface area contributed by atoms with Crippen LogP contribution in [-0.2, 0) is 41.6 Å². The molecule has 3 aliphatic carbocycles. The number of hydrogen-bond acceptors (Lipinski definition) is 7. The van der Waals surface area contributed by atoms with Crippen molar-refractivity contribution in [2.45, 2.75) is 101 Å². The first-order chi connectivity index (χ1) is 22.4. The van der Waals surface area contributed by atoms with E-state index in [-0.39, 0.29) is 24.5 Å². The van der Waals surface area contributed by atoms with Crippen LogP contribution in [-0.4, -0.2) is 81.6 Å². The van der Waals surface area contributed by atoms with Gasteiger partial charge in [-0.1, -0.05) is 65.3 Å². The van der Waals surface area contributed by atoms with Crippen molar-refractivity contribution >= 4 is 58.7 Å². The maximum atomic E-state index is 14.2. The number of nitrogens with one attached hydrogen (secondary N) is 3. The topological polar surface area (TPSA) is 177 Å². The fourth-order valence-corrected chi connectivity index (χ4v) is 7.99. The van der Waals surface area contributed by atoms with Gasteiger partial charge in [0.15, 0.2) is 0 Å². The minimum Gasteiger partial charge on any atom is -0.460 e. The zero-order valence-electron chi connectivity index (χ0n) is 27.9. The van der Waals surface area contributed by atoms with Crippen molar-refractivity contribution in [2.75, 3.05) is 6.54 Å². The van der Waals surface area contributed by atoms with Crippen molar-refractivity contribution < 1.29 is 33.5 Å². The number of rotatable bonds is 11. The quantitative estimate of drug-likeness (QED) is 0.155. The molecular weight excluding hydrogens is 661 g/mol. The number of ketones is 1. The number of urea groups is 1.